The lowest BCUT2D eigenvalue weighted by Crippen LogP contribution is -2.11. The molecule has 0 radical (unpaired) electrons. The van der Waals surface area contributed by atoms with Crippen molar-refractivity contribution in [3.63, 3.8) is 0 Å². The summed E-state index contributed by atoms with van der Waals surface area (Å²) in [4.78, 5) is 4.25. The highest BCUT2D eigenvalue weighted by Crippen LogP contribution is 2.26. The average molecular weight is 306 g/mol. The van der Waals surface area contributed by atoms with Gasteiger partial charge < -0.3 is 4.74 Å². The van der Waals surface area contributed by atoms with E-state index in [4.69, 9.17) is 16.3 Å². The molecular weight excluding hydrogens is 294 g/mol. The monoisotopic (exact) mass is 305 g/mol. The molecule has 8 nitrogen and oxygen atoms in total. The summed E-state index contributed by atoms with van der Waals surface area (Å²) >= 11 is 6.06. The number of aryl methyl sites for hydroxylation is 1. The Morgan fingerprint density at radius 2 is 2.19 bits per heavy atom. The number of benzene rings is 1. The van der Waals surface area contributed by atoms with Crippen LogP contribution in [0.25, 0.3) is 5.69 Å². The Morgan fingerprint density at radius 3 is 2.90 bits per heavy atom. The summed E-state index contributed by atoms with van der Waals surface area (Å²) < 4.78 is 8.64. The SMILES string of the molecule is COc1ccc(Cl)cc1-n1ncnc1Cn1nnnc1C. The molecule has 0 saturated heterocycles. The number of ether oxygens (including phenoxy) is 1. The highest BCUT2D eigenvalue weighted by Gasteiger charge is 2.14. The third-order valence-electron chi connectivity index (χ3n) is 2.99. The van der Waals surface area contributed by atoms with E-state index in [1.165, 1.54) is 6.33 Å². The molecule has 0 atom stereocenters. The van der Waals surface area contributed by atoms with Gasteiger partial charge in [-0.15, -0.1) is 5.10 Å². The van der Waals surface area contributed by atoms with Gasteiger partial charge in [0, 0.05) is 5.02 Å². The number of hydrogen-bond acceptors (Lipinski definition) is 6. The van der Waals surface area contributed by atoms with Crippen molar-refractivity contribution in [3.8, 4) is 11.4 Å². The van der Waals surface area contributed by atoms with E-state index in [0.29, 0.717) is 34.7 Å². The normalized spacial score (nSPS) is 10.8. The third kappa shape index (κ3) is 2.57. The molecule has 0 bridgehead atoms. The molecule has 0 spiro atoms. The lowest BCUT2D eigenvalue weighted by Gasteiger charge is -2.11. The van der Waals surface area contributed by atoms with Crippen molar-refractivity contribution in [2.45, 2.75) is 13.5 Å². The fourth-order valence-corrected chi connectivity index (χ4v) is 2.10. The Hall–Kier alpha value is -2.48. The first-order valence-corrected chi connectivity index (χ1v) is 6.52. The van der Waals surface area contributed by atoms with Crippen LogP contribution in [-0.4, -0.2) is 42.1 Å². The highest BCUT2D eigenvalue weighted by molar-refractivity contribution is 6.30. The zero-order valence-corrected chi connectivity index (χ0v) is 12.2. The molecule has 2 heterocycles. The van der Waals surface area contributed by atoms with Gasteiger partial charge in [-0.2, -0.15) is 5.10 Å². The number of halogens is 1. The van der Waals surface area contributed by atoms with E-state index >= 15 is 0 Å². The van der Waals surface area contributed by atoms with E-state index in [2.05, 4.69) is 25.6 Å². The minimum absolute atomic E-state index is 0.397. The smallest absolute Gasteiger partial charge is 0.154 e. The molecule has 2 aromatic heterocycles. The summed E-state index contributed by atoms with van der Waals surface area (Å²) in [5, 5.41) is 16.2. The maximum Gasteiger partial charge on any atom is 0.154 e. The van der Waals surface area contributed by atoms with Crippen LogP contribution in [0.1, 0.15) is 11.6 Å². The second-order valence-electron chi connectivity index (χ2n) is 4.29. The number of hydrogen-bond donors (Lipinski definition) is 0. The summed E-state index contributed by atoms with van der Waals surface area (Å²) in [5.74, 6) is 2.02. The van der Waals surface area contributed by atoms with Crippen molar-refractivity contribution in [1.29, 1.82) is 0 Å². The van der Waals surface area contributed by atoms with E-state index < -0.39 is 0 Å². The van der Waals surface area contributed by atoms with Crippen molar-refractivity contribution in [2.24, 2.45) is 0 Å². The maximum atomic E-state index is 6.06. The van der Waals surface area contributed by atoms with Gasteiger partial charge in [-0.3, -0.25) is 0 Å². The fourth-order valence-electron chi connectivity index (χ4n) is 1.93. The number of tetrazole rings is 1. The van der Waals surface area contributed by atoms with Crippen LogP contribution < -0.4 is 4.74 Å². The van der Waals surface area contributed by atoms with E-state index in [1.54, 1.807) is 34.7 Å². The molecule has 3 aromatic rings. The first-order chi connectivity index (χ1) is 10.2. The van der Waals surface area contributed by atoms with Gasteiger partial charge in [-0.1, -0.05) is 11.6 Å². The Balaban J connectivity index is 2.03. The highest BCUT2D eigenvalue weighted by atomic mass is 35.5. The number of nitrogens with zero attached hydrogens (tertiary/aromatic N) is 7. The van der Waals surface area contributed by atoms with Crippen LogP contribution in [0.5, 0.6) is 5.75 Å². The average Bonchev–Trinajstić information content (AvgIpc) is 3.09. The summed E-state index contributed by atoms with van der Waals surface area (Å²) in [6.07, 6.45) is 1.47. The lowest BCUT2D eigenvalue weighted by atomic mass is 10.3. The van der Waals surface area contributed by atoms with Crippen molar-refractivity contribution in [2.75, 3.05) is 7.11 Å². The molecule has 21 heavy (non-hydrogen) atoms. The van der Waals surface area contributed by atoms with Gasteiger partial charge in [0.15, 0.2) is 5.82 Å². The van der Waals surface area contributed by atoms with Gasteiger partial charge in [-0.25, -0.2) is 14.3 Å². The molecule has 108 valence electrons. The fraction of sp³-hybridized carbons (Fsp3) is 0.250. The summed E-state index contributed by atoms with van der Waals surface area (Å²) in [7, 11) is 1.59. The lowest BCUT2D eigenvalue weighted by molar-refractivity contribution is 0.411. The van der Waals surface area contributed by atoms with Crippen molar-refractivity contribution in [3.05, 3.63) is 41.2 Å². The van der Waals surface area contributed by atoms with Gasteiger partial charge in [0.1, 0.15) is 30.1 Å². The summed E-state index contributed by atoms with van der Waals surface area (Å²) in [6.45, 7) is 2.22. The van der Waals surface area contributed by atoms with Crippen LogP contribution in [0.3, 0.4) is 0 Å². The van der Waals surface area contributed by atoms with Crippen LogP contribution in [0.4, 0.5) is 0 Å². The molecule has 1 aromatic carbocycles. The molecule has 0 aliphatic carbocycles. The number of methoxy groups -OCH3 is 1. The van der Waals surface area contributed by atoms with Gasteiger partial charge in [0.05, 0.1) is 7.11 Å². The Bertz CT molecular complexity index is 767. The van der Waals surface area contributed by atoms with Crippen LogP contribution in [-0.2, 0) is 6.54 Å². The van der Waals surface area contributed by atoms with Gasteiger partial charge in [0.25, 0.3) is 0 Å². The maximum absolute atomic E-state index is 6.06. The molecule has 0 aliphatic rings. The largest absolute Gasteiger partial charge is 0.494 e. The number of rotatable bonds is 4. The van der Waals surface area contributed by atoms with E-state index in [0.717, 1.165) is 0 Å². The van der Waals surface area contributed by atoms with Crippen LogP contribution >= 0.6 is 11.6 Å². The van der Waals surface area contributed by atoms with Gasteiger partial charge in [0.2, 0.25) is 0 Å². The number of aromatic nitrogens is 7. The van der Waals surface area contributed by atoms with Crippen molar-refractivity contribution >= 4 is 11.6 Å². The Morgan fingerprint density at radius 1 is 1.33 bits per heavy atom. The molecule has 0 aliphatic heterocycles. The predicted octanol–water partition coefficient (Wildman–Crippen LogP) is 1.27. The zero-order chi connectivity index (χ0) is 14.8. The second-order valence-corrected chi connectivity index (χ2v) is 4.72. The minimum atomic E-state index is 0.397. The molecular formula is C12H12ClN7O. The molecule has 0 saturated carbocycles. The third-order valence-corrected chi connectivity index (χ3v) is 3.22. The molecule has 0 fully saturated rings. The zero-order valence-electron chi connectivity index (χ0n) is 11.4. The first-order valence-electron chi connectivity index (χ1n) is 6.14. The first kappa shape index (κ1) is 13.5. The standard InChI is InChI=1S/C12H12ClN7O/c1-8-16-17-18-19(8)6-12-14-7-15-20(12)10-5-9(13)3-4-11(10)21-2/h3-5,7H,6H2,1-2H3. The summed E-state index contributed by atoms with van der Waals surface area (Å²) in [6, 6.07) is 5.31. The van der Waals surface area contributed by atoms with Crippen molar-refractivity contribution < 1.29 is 4.74 Å². The van der Waals surface area contributed by atoms with Gasteiger partial charge in [-0.05, 0) is 35.5 Å². The van der Waals surface area contributed by atoms with E-state index in [-0.39, 0.29) is 0 Å². The molecule has 0 unspecified atom stereocenters. The van der Waals surface area contributed by atoms with Gasteiger partial charge >= 0.3 is 0 Å². The quantitative estimate of drug-likeness (QED) is 0.722. The van der Waals surface area contributed by atoms with E-state index in [9.17, 15) is 0 Å². The molecule has 9 heteroatoms. The van der Waals surface area contributed by atoms with Crippen LogP contribution in [0, 0.1) is 6.92 Å². The molecule has 0 N–H and O–H groups in total. The predicted molar refractivity (Wildman–Crippen MR) is 74.6 cm³/mol. The minimum Gasteiger partial charge on any atom is -0.494 e. The summed E-state index contributed by atoms with van der Waals surface area (Å²) in [5.41, 5.74) is 0.711. The molecule has 3 rings (SSSR count). The second kappa shape index (κ2) is 5.49. The van der Waals surface area contributed by atoms with Crippen LogP contribution in [0.2, 0.25) is 5.02 Å². The Kier molecular flexibility index (Phi) is 3.53. The van der Waals surface area contributed by atoms with E-state index in [1.807, 2.05) is 6.92 Å². The topological polar surface area (TPSA) is 83.5 Å². The Labute approximate surface area is 125 Å². The molecule has 0 amide bonds. The van der Waals surface area contributed by atoms with Crippen LogP contribution in [0.15, 0.2) is 24.5 Å². The van der Waals surface area contributed by atoms with Crippen molar-refractivity contribution in [1.82, 2.24) is 35.0 Å².